The van der Waals surface area contributed by atoms with Gasteiger partial charge in [-0.15, -0.1) is 0 Å². The zero-order chi connectivity index (χ0) is 26.4. The van der Waals surface area contributed by atoms with E-state index in [0.717, 1.165) is 11.1 Å². The van der Waals surface area contributed by atoms with Crippen molar-refractivity contribution in [3.63, 3.8) is 0 Å². The van der Waals surface area contributed by atoms with Crippen molar-refractivity contribution in [3.8, 4) is 0 Å². The molecule has 2 aliphatic heterocycles. The molecule has 2 heterocycles. The smallest absolute Gasteiger partial charge is 0.187 e. The highest BCUT2D eigenvalue weighted by Crippen LogP contribution is 2.30. The number of aliphatic hydroxyl groups excluding tert-OH is 5. The third-order valence-corrected chi connectivity index (χ3v) is 6.53. The monoisotopic (exact) mass is 521 g/mol. The number of hydrogen-bond acceptors (Lipinski definition) is 11. The summed E-state index contributed by atoms with van der Waals surface area (Å²) in [4.78, 5) is 0. The van der Waals surface area contributed by atoms with E-state index in [0.29, 0.717) is 0 Å². The lowest BCUT2D eigenvalue weighted by Crippen LogP contribution is -2.66. The van der Waals surface area contributed by atoms with E-state index in [-0.39, 0.29) is 19.8 Å². The molecular weight excluding hydrogens is 486 g/mol. The predicted octanol–water partition coefficient (Wildman–Crippen LogP) is -0.982. The highest BCUT2D eigenvalue weighted by molar-refractivity contribution is 5.14. The van der Waals surface area contributed by atoms with E-state index in [1.807, 2.05) is 60.7 Å². The van der Waals surface area contributed by atoms with Crippen molar-refractivity contribution in [3.05, 3.63) is 71.8 Å². The molecule has 2 aromatic rings. The van der Waals surface area contributed by atoms with Gasteiger partial charge in [-0.3, -0.25) is 0 Å². The van der Waals surface area contributed by atoms with Crippen LogP contribution in [0, 0.1) is 0 Å². The SMILES string of the molecule is N[C@@H]1[C@@H](OCc2ccccc2)[C@H](O[C@@H]2O[C@H](CO)[C@H](O)[C@H](O)[C@H]2O)[C@@H](COCc2ccccc2)O[C@H]1O. The van der Waals surface area contributed by atoms with Crippen molar-refractivity contribution in [1.29, 1.82) is 0 Å². The first-order valence-corrected chi connectivity index (χ1v) is 12.2. The number of nitrogens with two attached hydrogens (primary N) is 1. The Labute approximate surface area is 214 Å². The third kappa shape index (κ3) is 6.91. The lowest BCUT2D eigenvalue weighted by molar-refractivity contribution is -0.348. The average molecular weight is 522 g/mol. The van der Waals surface area contributed by atoms with Gasteiger partial charge in [0.1, 0.15) is 42.7 Å². The van der Waals surface area contributed by atoms with Crippen LogP contribution in [0.25, 0.3) is 0 Å². The second-order valence-corrected chi connectivity index (χ2v) is 9.20. The first-order valence-electron chi connectivity index (χ1n) is 12.2. The van der Waals surface area contributed by atoms with Crippen LogP contribution in [0.4, 0.5) is 0 Å². The van der Waals surface area contributed by atoms with Crippen molar-refractivity contribution in [2.45, 2.75) is 74.6 Å². The van der Waals surface area contributed by atoms with Gasteiger partial charge in [-0.2, -0.15) is 0 Å². The van der Waals surface area contributed by atoms with E-state index in [9.17, 15) is 25.5 Å². The fourth-order valence-electron chi connectivity index (χ4n) is 4.41. The molecule has 11 nitrogen and oxygen atoms in total. The highest BCUT2D eigenvalue weighted by Gasteiger charge is 2.50. The van der Waals surface area contributed by atoms with Crippen LogP contribution in [-0.4, -0.2) is 100 Å². The molecule has 11 heteroatoms. The van der Waals surface area contributed by atoms with Crippen LogP contribution in [0.1, 0.15) is 11.1 Å². The first-order chi connectivity index (χ1) is 17.9. The van der Waals surface area contributed by atoms with E-state index in [2.05, 4.69) is 0 Å². The molecule has 0 radical (unpaired) electrons. The van der Waals surface area contributed by atoms with Crippen LogP contribution < -0.4 is 5.73 Å². The van der Waals surface area contributed by atoms with Crippen LogP contribution in [0.5, 0.6) is 0 Å². The van der Waals surface area contributed by atoms with Crippen molar-refractivity contribution >= 4 is 0 Å². The molecule has 2 fully saturated rings. The van der Waals surface area contributed by atoms with Gasteiger partial charge in [-0.1, -0.05) is 60.7 Å². The van der Waals surface area contributed by atoms with Gasteiger partial charge in [0.2, 0.25) is 0 Å². The molecule has 0 bridgehead atoms. The van der Waals surface area contributed by atoms with Crippen LogP contribution in [0.2, 0.25) is 0 Å². The number of ether oxygens (including phenoxy) is 5. The molecule has 2 saturated heterocycles. The molecule has 0 spiro atoms. The van der Waals surface area contributed by atoms with E-state index >= 15 is 0 Å². The van der Waals surface area contributed by atoms with Gasteiger partial charge in [-0.25, -0.2) is 0 Å². The molecule has 204 valence electrons. The molecule has 0 amide bonds. The average Bonchev–Trinajstić information content (AvgIpc) is 2.92. The Morgan fingerprint density at radius 2 is 1.35 bits per heavy atom. The third-order valence-electron chi connectivity index (χ3n) is 6.53. The summed E-state index contributed by atoms with van der Waals surface area (Å²) in [5.41, 5.74) is 8.04. The molecule has 0 aliphatic carbocycles. The summed E-state index contributed by atoms with van der Waals surface area (Å²) < 4.78 is 29.2. The number of benzene rings is 2. The summed E-state index contributed by atoms with van der Waals surface area (Å²) in [7, 11) is 0. The number of hydrogen-bond donors (Lipinski definition) is 6. The summed E-state index contributed by atoms with van der Waals surface area (Å²) in [6.07, 6.45) is -11.7. The molecule has 0 aromatic heterocycles. The summed E-state index contributed by atoms with van der Waals surface area (Å²) >= 11 is 0. The lowest BCUT2D eigenvalue weighted by Gasteiger charge is -2.47. The molecule has 2 aliphatic rings. The van der Waals surface area contributed by atoms with Gasteiger partial charge in [-0.05, 0) is 11.1 Å². The van der Waals surface area contributed by atoms with Gasteiger partial charge < -0.3 is 55.0 Å². The summed E-state index contributed by atoms with van der Waals surface area (Å²) in [6, 6.07) is 17.8. The van der Waals surface area contributed by atoms with Crippen molar-refractivity contribution in [1.82, 2.24) is 0 Å². The Morgan fingerprint density at radius 3 is 1.97 bits per heavy atom. The Morgan fingerprint density at radius 1 is 0.730 bits per heavy atom. The van der Waals surface area contributed by atoms with Crippen LogP contribution in [0.3, 0.4) is 0 Å². The summed E-state index contributed by atoms with van der Waals surface area (Å²) in [5.74, 6) is 0. The van der Waals surface area contributed by atoms with Crippen molar-refractivity contribution in [2.24, 2.45) is 5.73 Å². The van der Waals surface area contributed by atoms with E-state index in [4.69, 9.17) is 29.4 Å². The maximum Gasteiger partial charge on any atom is 0.187 e. The normalized spacial score (nSPS) is 36.4. The zero-order valence-corrected chi connectivity index (χ0v) is 20.2. The van der Waals surface area contributed by atoms with Crippen LogP contribution >= 0.6 is 0 Å². The van der Waals surface area contributed by atoms with E-state index < -0.39 is 68.0 Å². The van der Waals surface area contributed by atoms with Crippen molar-refractivity contribution in [2.75, 3.05) is 13.2 Å². The fraction of sp³-hybridized carbons (Fsp3) is 0.538. The number of rotatable bonds is 10. The van der Waals surface area contributed by atoms with Gasteiger partial charge in [0.15, 0.2) is 12.6 Å². The molecule has 0 unspecified atom stereocenters. The first kappa shape index (κ1) is 28.0. The quantitative estimate of drug-likeness (QED) is 0.227. The lowest BCUT2D eigenvalue weighted by atomic mass is 9.95. The van der Waals surface area contributed by atoms with E-state index in [1.54, 1.807) is 0 Å². The molecular formula is C26H35NO10. The van der Waals surface area contributed by atoms with Gasteiger partial charge in [0.05, 0.1) is 32.5 Å². The number of aliphatic hydroxyl groups is 5. The van der Waals surface area contributed by atoms with Crippen LogP contribution in [-0.2, 0) is 36.9 Å². The molecule has 0 saturated carbocycles. The Balaban J connectivity index is 1.53. The molecule has 2 aromatic carbocycles. The molecule has 4 rings (SSSR count). The highest BCUT2D eigenvalue weighted by atomic mass is 16.7. The van der Waals surface area contributed by atoms with Gasteiger partial charge in [0.25, 0.3) is 0 Å². The summed E-state index contributed by atoms with van der Waals surface area (Å²) in [6.45, 7) is -0.211. The second-order valence-electron chi connectivity index (χ2n) is 9.20. The van der Waals surface area contributed by atoms with Gasteiger partial charge in [0, 0.05) is 0 Å². The minimum absolute atomic E-state index is 0.0219. The topological polar surface area (TPSA) is 173 Å². The Bertz CT molecular complexity index is 935. The minimum Gasteiger partial charge on any atom is -0.394 e. The zero-order valence-electron chi connectivity index (χ0n) is 20.2. The summed E-state index contributed by atoms with van der Waals surface area (Å²) in [5, 5.41) is 51.0. The van der Waals surface area contributed by atoms with Crippen molar-refractivity contribution < 1.29 is 49.2 Å². The Kier molecular flexibility index (Phi) is 9.98. The van der Waals surface area contributed by atoms with E-state index in [1.165, 1.54) is 0 Å². The predicted molar refractivity (Wildman–Crippen MR) is 129 cm³/mol. The second kappa shape index (κ2) is 13.2. The molecule has 37 heavy (non-hydrogen) atoms. The maximum atomic E-state index is 10.5. The maximum absolute atomic E-state index is 10.5. The van der Waals surface area contributed by atoms with Crippen LogP contribution in [0.15, 0.2) is 60.7 Å². The molecule has 7 N–H and O–H groups in total. The largest absolute Gasteiger partial charge is 0.394 e. The van der Waals surface area contributed by atoms with Gasteiger partial charge >= 0.3 is 0 Å². The minimum atomic E-state index is -1.64. The molecule has 10 atom stereocenters. The fourth-order valence-corrected chi connectivity index (χ4v) is 4.41. The Hall–Kier alpha value is -2.00. The standard InChI is InChI=1S/C26H35NO10/c27-19-24(34-13-16-9-5-2-6-10-16)23(37-26-22(31)21(30)20(29)17(11-28)36-26)18(35-25(19)32)14-33-12-15-7-3-1-4-8-15/h1-10,17-26,28-32H,11-14,27H2/t17-,18-,19-,20+,21+,22-,23-,24-,25-,26+/m1/s1.